The van der Waals surface area contributed by atoms with E-state index in [1.807, 2.05) is 61.5 Å². The van der Waals surface area contributed by atoms with Crippen molar-refractivity contribution < 1.29 is 19.1 Å². The van der Waals surface area contributed by atoms with Crippen molar-refractivity contribution in [1.29, 1.82) is 5.26 Å². The average molecular weight is 436 g/mol. The highest BCUT2D eigenvalue weighted by atomic mass is 16.5. The lowest BCUT2D eigenvalue weighted by atomic mass is 9.94. The van der Waals surface area contributed by atoms with Crippen molar-refractivity contribution in [3.05, 3.63) is 54.6 Å². The summed E-state index contributed by atoms with van der Waals surface area (Å²) in [6, 6.07) is 18.7. The lowest BCUT2D eigenvalue weighted by Crippen LogP contribution is -2.46. The molecule has 0 bridgehead atoms. The predicted molar refractivity (Wildman–Crippen MR) is 121 cm³/mol. The predicted octanol–water partition coefficient (Wildman–Crippen LogP) is 3.65. The fourth-order valence-electron chi connectivity index (χ4n) is 3.77. The fraction of sp³-hybridized carbons (Fsp3) is 0.400. The minimum absolute atomic E-state index is 0.00274. The van der Waals surface area contributed by atoms with Crippen molar-refractivity contribution in [3.63, 3.8) is 0 Å². The van der Waals surface area contributed by atoms with Crippen LogP contribution >= 0.6 is 0 Å². The van der Waals surface area contributed by atoms with Crippen molar-refractivity contribution in [2.24, 2.45) is 5.92 Å². The van der Waals surface area contributed by atoms with Crippen LogP contribution in [0.25, 0.3) is 0 Å². The van der Waals surface area contributed by atoms with Gasteiger partial charge in [0.2, 0.25) is 5.91 Å². The molecule has 0 aliphatic carbocycles. The highest BCUT2D eigenvalue weighted by Crippen LogP contribution is 2.26. The molecule has 0 spiro atoms. The Morgan fingerprint density at radius 1 is 1.03 bits per heavy atom. The van der Waals surface area contributed by atoms with Crippen LogP contribution in [0.4, 0.5) is 5.69 Å². The molecular formula is C25H29N3O4. The Labute approximate surface area is 189 Å². The van der Waals surface area contributed by atoms with Gasteiger partial charge in [-0.25, -0.2) is 0 Å². The smallest absolute Gasteiger partial charge is 0.260 e. The first-order chi connectivity index (χ1) is 15.6. The number of nitrogens with zero attached hydrogens (tertiary/aromatic N) is 3. The summed E-state index contributed by atoms with van der Waals surface area (Å²) in [5, 5.41) is 9.03. The number of ether oxygens (including phenoxy) is 2. The normalized spacial score (nSPS) is 13.8. The molecule has 0 saturated carbocycles. The fourth-order valence-corrected chi connectivity index (χ4v) is 3.77. The molecule has 0 aromatic heterocycles. The molecule has 1 aliphatic heterocycles. The Morgan fingerprint density at radius 3 is 2.31 bits per heavy atom. The van der Waals surface area contributed by atoms with E-state index in [0.717, 1.165) is 11.4 Å². The number of amides is 2. The molecule has 7 nitrogen and oxygen atoms in total. The summed E-state index contributed by atoms with van der Waals surface area (Å²) in [6.45, 7) is 3.85. The van der Waals surface area contributed by atoms with Crippen LogP contribution in [0.15, 0.2) is 54.6 Å². The first kappa shape index (κ1) is 23.1. The number of hydrogen-bond donors (Lipinski definition) is 0. The number of para-hydroxylation sites is 1. The van der Waals surface area contributed by atoms with Crippen molar-refractivity contribution in [2.75, 3.05) is 37.7 Å². The van der Waals surface area contributed by atoms with Crippen molar-refractivity contribution in [3.8, 4) is 17.6 Å². The number of rotatable bonds is 9. The van der Waals surface area contributed by atoms with Gasteiger partial charge in [-0.2, -0.15) is 5.26 Å². The van der Waals surface area contributed by atoms with Crippen LogP contribution in [0.1, 0.15) is 26.2 Å². The zero-order chi connectivity index (χ0) is 22.8. The minimum Gasteiger partial charge on any atom is -0.494 e. The number of benzene rings is 2. The van der Waals surface area contributed by atoms with E-state index >= 15 is 0 Å². The third kappa shape index (κ3) is 6.24. The van der Waals surface area contributed by atoms with Gasteiger partial charge in [-0.05, 0) is 56.2 Å². The summed E-state index contributed by atoms with van der Waals surface area (Å²) < 4.78 is 11.0. The van der Waals surface area contributed by atoms with Crippen LogP contribution in [0.2, 0.25) is 0 Å². The van der Waals surface area contributed by atoms with Gasteiger partial charge >= 0.3 is 0 Å². The van der Waals surface area contributed by atoms with Gasteiger partial charge in [0, 0.05) is 31.2 Å². The Bertz CT molecular complexity index is 916. The molecule has 168 valence electrons. The first-order valence-corrected chi connectivity index (χ1v) is 11.0. The third-order valence-corrected chi connectivity index (χ3v) is 5.48. The quantitative estimate of drug-likeness (QED) is 0.600. The summed E-state index contributed by atoms with van der Waals surface area (Å²) >= 11 is 0. The van der Waals surface area contributed by atoms with E-state index in [2.05, 4.69) is 6.07 Å². The maximum Gasteiger partial charge on any atom is 0.260 e. The monoisotopic (exact) mass is 435 g/mol. The van der Waals surface area contributed by atoms with E-state index in [1.54, 1.807) is 9.80 Å². The molecule has 1 fully saturated rings. The topological polar surface area (TPSA) is 82.9 Å². The summed E-state index contributed by atoms with van der Waals surface area (Å²) in [6.07, 6.45) is 1.44. The Balaban J connectivity index is 1.56. The summed E-state index contributed by atoms with van der Waals surface area (Å²) in [7, 11) is 0. The maximum atomic E-state index is 13.3. The molecule has 0 N–H and O–H groups in total. The molecule has 0 unspecified atom stereocenters. The van der Waals surface area contributed by atoms with Gasteiger partial charge in [0.15, 0.2) is 6.61 Å². The molecule has 2 aromatic carbocycles. The molecule has 1 saturated heterocycles. The van der Waals surface area contributed by atoms with Gasteiger partial charge in [0.05, 0.1) is 19.1 Å². The molecule has 32 heavy (non-hydrogen) atoms. The van der Waals surface area contributed by atoms with Crippen LogP contribution < -0.4 is 14.4 Å². The van der Waals surface area contributed by atoms with Crippen molar-refractivity contribution in [2.45, 2.75) is 26.2 Å². The van der Waals surface area contributed by atoms with Gasteiger partial charge in [0.25, 0.3) is 5.91 Å². The molecule has 1 aliphatic rings. The highest BCUT2D eigenvalue weighted by Gasteiger charge is 2.31. The number of anilines is 1. The van der Waals surface area contributed by atoms with E-state index in [4.69, 9.17) is 14.7 Å². The lowest BCUT2D eigenvalue weighted by Gasteiger charge is -2.34. The van der Waals surface area contributed by atoms with E-state index in [-0.39, 0.29) is 30.8 Å². The largest absolute Gasteiger partial charge is 0.494 e. The van der Waals surface area contributed by atoms with Gasteiger partial charge in [0.1, 0.15) is 11.5 Å². The highest BCUT2D eigenvalue weighted by molar-refractivity contribution is 5.95. The van der Waals surface area contributed by atoms with Crippen LogP contribution in [0.3, 0.4) is 0 Å². The van der Waals surface area contributed by atoms with E-state index in [0.29, 0.717) is 44.8 Å². The molecule has 2 aromatic rings. The van der Waals surface area contributed by atoms with Crippen LogP contribution in [-0.2, 0) is 9.59 Å². The Kier molecular flexibility index (Phi) is 8.50. The SMILES string of the molecule is CCOc1ccc(N(CCC#N)C(=O)C2CCN(C(=O)COc3ccccc3)CC2)cc1. The van der Waals surface area contributed by atoms with Gasteiger partial charge in [-0.15, -0.1) is 0 Å². The standard InChI is InChI=1S/C25H29N3O4/c1-2-31-23-11-9-21(10-12-23)28(16-6-15-26)25(30)20-13-17-27(18-14-20)24(29)19-32-22-7-4-3-5-8-22/h3-5,7-12,20H,2,6,13-14,16-19H2,1H3. The molecule has 0 radical (unpaired) electrons. The van der Waals surface area contributed by atoms with Gasteiger partial charge in [-0.3, -0.25) is 9.59 Å². The van der Waals surface area contributed by atoms with E-state index < -0.39 is 0 Å². The zero-order valence-electron chi connectivity index (χ0n) is 18.4. The minimum atomic E-state index is -0.181. The molecule has 7 heteroatoms. The lowest BCUT2D eigenvalue weighted by molar-refractivity contribution is -0.136. The molecule has 1 heterocycles. The third-order valence-electron chi connectivity index (χ3n) is 5.48. The molecule has 0 atom stereocenters. The second kappa shape index (κ2) is 11.8. The summed E-state index contributed by atoms with van der Waals surface area (Å²) in [4.78, 5) is 29.2. The summed E-state index contributed by atoms with van der Waals surface area (Å²) in [5.74, 6) is 1.15. The second-order valence-corrected chi connectivity index (χ2v) is 7.58. The van der Waals surface area contributed by atoms with Crippen molar-refractivity contribution >= 4 is 17.5 Å². The van der Waals surface area contributed by atoms with E-state index in [1.165, 1.54) is 0 Å². The molecular weight excluding hydrogens is 406 g/mol. The maximum absolute atomic E-state index is 13.3. The zero-order valence-corrected chi connectivity index (χ0v) is 18.4. The Morgan fingerprint density at radius 2 is 1.69 bits per heavy atom. The number of carbonyl (C=O) groups excluding carboxylic acids is 2. The first-order valence-electron chi connectivity index (χ1n) is 11.0. The number of piperidine rings is 1. The van der Waals surface area contributed by atoms with Crippen LogP contribution in [-0.4, -0.2) is 49.6 Å². The van der Waals surface area contributed by atoms with Crippen LogP contribution in [0, 0.1) is 17.2 Å². The van der Waals surface area contributed by atoms with Crippen LogP contribution in [0.5, 0.6) is 11.5 Å². The second-order valence-electron chi connectivity index (χ2n) is 7.58. The molecule has 3 rings (SSSR count). The Hall–Kier alpha value is -3.53. The number of likely N-dealkylation sites (tertiary alicyclic amines) is 1. The average Bonchev–Trinajstić information content (AvgIpc) is 2.84. The van der Waals surface area contributed by atoms with Gasteiger partial charge < -0.3 is 19.3 Å². The summed E-state index contributed by atoms with van der Waals surface area (Å²) in [5.41, 5.74) is 0.753. The van der Waals surface area contributed by atoms with E-state index in [9.17, 15) is 9.59 Å². The molecule has 2 amide bonds. The van der Waals surface area contributed by atoms with Gasteiger partial charge in [-0.1, -0.05) is 18.2 Å². The number of hydrogen-bond acceptors (Lipinski definition) is 5. The number of carbonyl (C=O) groups is 2. The number of nitriles is 1. The van der Waals surface area contributed by atoms with Crippen molar-refractivity contribution in [1.82, 2.24) is 4.90 Å².